The van der Waals surface area contributed by atoms with Crippen LogP contribution in [0.15, 0.2) is 42.5 Å². The molecule has 0 bridgehead atoms. The minimum absolute atomic E-state index is 0.317. The van der Waals surface area contributed by atoms with Crippen LogP contribution in [-0.2, 0) is 19.3 Å². The van der Waals surface area contributed by atoms with Crippen molar-refractivity contribution in [2.24, 2.45) is 0 Å². The molecule has 1 N–H and O–H groups in total. The van der Waals surface area contributed by atoms with Gasteiger partial charge in [0.1, 0.15) is 0 Å². The predicted octanol–water partition coefficient (Wildman–Crippen LogP) is 4.01. The zero-order valence-electron chi connectivity index (χ0n) is 12.7. The molecule has 106 valence electrons. The first kappa shape index (κ1) is 14.8. The molecule has 1 heteroatoms. The van der Waals surface area contributed by atoms with Gasteiger partial charge in [0.25, 0.3) is 0 Å². The summed E-state index contributed by atoms with van der Waals surface area (Å²) in [6, 6.07) is 15.0. The zero-order valence-corrected chi connectivity index (χ0v) is 12.7. The lowest BCUT2D eigenvalue weighted by Gasteiger charge is -2.13. The second-order valence-corrected chi connectivity index (χ2v) is 5.66. The van der Waals surface area contributed by atoms with Gasteiger partial charge in [0.2, 0.25) is 0 Å². The molecule has 0 amide bonds. The van der Waals surface area contributed by atoms with E-state index in [1.54, 1.807) is 0 Å². The van der Waals surface area contributed by atoms with E-state index in [4.69, 9.17) is 0 Å². The van der Waals surface area contributed by atoms with Gasteiger partial charge in [0.05, 0.1) is 6.10 Å². The second-order valence-electron chi connectivity index (χ2n) is 5.66. The Kier molecular flexibility index (Phi) is 4.97. The minimum Gasteiger partial charge on any atom is -0.392 e. The van der Waals surface area contributed by atoms with Crippen molar-refractivity contribution in [3.8, 4) is 0 Å². The van der Waals surface area contributed by atoms with Crippen LogP contribution in [0, 0.1) is 13.8 Å². The van der Waals surface area contributed by atoms with Crippen molar-refractivity contribution in [1.82, 2.24) is 0 Å². The highest BCUT2D eigenvalue weighted by atomic mass is 16.3. The molecule has 1 unspecified atom stereocenters. The fourth-order valence-corrected chi connectivity index (χ4v) is 2.53. The van der Waals surface area contributed by atoms with Gasteiger partial charge in [-0.25, -0.2) is 0 Å². The van der Waals surface area contributed by atoms with Crippen molar-refractivity contribution in [2.45, 2.75) is 46.1 Å². The molecular formula is C19H24O. The van der Waals surface area contributed by atoms with E-state index in [0.717, 1.165) is 19.3 Å². The number of aliphatic hydroxyl groups is 1. The van der Waals surface area contributed by atoms with Crippen LogP contribution in [0.3, 0.4) is 0 Å². The van der Waals surface area contributed by atoms with E-state index in [9.17, 15) is 5.11 Å². The zero-order chi connectivity index (χ0) is 14.5. The van der Waals surface area contributed by atoms with Gasteiger partial charge >= 0.3 is 0 Å². The third kappa shape index (κ3) is 3.94. The van der Waals surface area contributed by atoms with Crippen LogP contribution in [0.2, 0.25) is 0 Å². The van der Waals surface area contributed by atoms with Crippen molar-refractivity contribution in [2.75, 3.05) is 0 Å². The molecule has 0 saturated heterocycles. The quantitative estimate of drug-likeness (QED) is 0.868. The van der Waals surface area contributed by atoms with Crippen molar-refractivity contribution >= 4 is 0 Å². The predicted molar refractivity (Wildman–Crippen MR) is 85.2 cm³/mol. The van der Waals surface area contributed by atoms with Crippen LogP contribution in [0.4, 0.5) is 0 Å². The summed E-state index contributed by atoms with van der Waals surface area (Å²) in [6.07, 6.45) is 2.19. The molecule has 0 fully saturated rings. The summed E-state index contributed by atoms with van der Waals surface area (Å²) in [6.45, 7) is 6.36. The Bertz CT molecular complexity index is 554. The highest BCUT2D eigenvalue weighted by Crippen LogP contribution is 2.15. The molecule has 20 heavy (non-hydrogen) atoms. The van der Waals surface area contributed by atoms with Crippen molar-refractivity contribution in [3.05, 3.63) is 70.3 Å². The largest absolute Gasteiger partial charge is 0.392 e. The highest BCUT2D eigenvalue weighted by molar-refractivity contribution is 5.31. The normalized spacial score (nSPS) is 12.4. The molecule has 0 spiro atoms. The maximum atomic E-state index is 10.3. The second kappa shape index (κ2) is 6.71. The fourth-order valence-electron chi connectivity index (χ4n) is 2.53. The molecule has 0 saturated carbocycles. The Labute approximate surface area is 122 Å². The van der Waals surface area contributed by atoms with Gasteiger partial charge in [0, 0.05) is 0 Å². The lowest BCUT2D eigenvalue weighted by molar-refractivity contribution is 0.175. The van der Waals surface area contributed by atoms with Gasteiger partial charge < -0.3 is 5.11 Å². The van der Waals surface area contributed by atoms with Gasteiger partial charge in [-0.1, -0.05) is 55.0 Å². The Morgan fingerprint density at radius 1 is 0.900 bits per heavy atom. The van der Waals surface area contributed by atoms with Crippen molar-refractivity contribution in [3.63, 3.8) is 0 Å². The lowest BCUT2D eigenvalue weighted by atomic mass is 9.96. The van der Waals surface area contributed by atoms with Gasteiger partial charge in [-0.15, -0.1) is 0 Å². The summed E-state index contributed by atoms with van der Waals surface area (Å²) in [4.78, 5) is 0. The number of aryl methyl sites for hydroxylation is 3. The fraction of sp³-hybridized carbons (Fsp3) is 0.368. The Morgan fingerprint density at radius 2 is 1.55 bits per heavy atom. The van der Waals surface area contributed by atoms with Crippen LogP contribution in [-0.4, -0.2) is 11.2 Å². The molecule has 0 aliphatic carbocycles. The molecule has 2 aromatic rings. The van der Waals surface area contributed by atoms with E-state index in [-0.39, 0.29) is 6.10 Å². The average Bonchev–Trinajstić information content (AvgIpc) is 2.43. The van der Waals surface area contributed by atoms with E-state index in [1.807, 2.05) is 0 Å². The monoisotopic (exact) mass is 268 g/mol. The maximum Gasteiger partial charge on any atom is 0.0620 e. The molecule has 0 radical (unpaired) electrons. The molecule has 2 aromatic carbocycles. The maximum absolute atomic E-state index is 10.3. The van der Waals surface area contributed by atoms with Gasteiger partial charge in [-0.3, -0.25) is 0 Å². The van der Waals surface area contributed by atoms with E-state index in [0.29, 0.717) is 0 Å². The first-order valence-electron chi connectivity index (χ1n) is 7.40. The Balaban J connectivity index is 2.00. The van der Waals surface area contributed by atoms with Crippen molar-refractivity contribution < 1.29 is 5.11 Å². The third-order valence-corrected chi connectivity index (χ3v) is 3.86. The summed E-state index contributed by atoms with van der Waals surface area (Å²) >= 11 is 0. The van der Waals surface area contributed by atoms with Crippen LogP contribution < -0.4 is 0 Å². The molecular weight excluding hydrogens is 244 g/mol. The lowest BCUT2D eigenvalue weighted by Crippen LogP contribution is -2.14. The van der Waals surface area contributed by atoms with Crippen LogP contribution in [0.25, 0.3) is 0 Å². The Morgan fingerprint density at radius 3 is 2.20 bits per heavy atom. The SMILES string of the molecule is CCc1ccc(CC(O)Cc2cc(C)ccc2C)cc1. The number of benzene rings is 2. The van der Waals surface area contributed by atoms with E-state index < -0.39 is 0 Å². The van der Waals surface area contributed by atoms with Crippen LogP contribution >= 0.6 is 0 Å². The smallest absolute Gasteiger partial charge is 0.0620 e. The van der Waals surface area contributed by atoms with Crippen molar-refractivity contribution in [1.29, 1.82) is 0 Å². The van der Waals surface area contributed by atoms with E-state index >= 15 is 0 Å². The van der Waals surface area contributed by atoms with Crippen LogP contribution in [0.1, 0.15) is 34.7 Å². The standard InChI is InChI=1S/C19H24O/c1-4-16-7-9-17(10-8-16)12-19(20)13-18-11-14(2)5-6-15(18)3/h5-11,19-20H,4,12-13H2,1-3H3. The molecule has 0 aromatic heterocycles. The first-order chi connectivity index (χ1) is 9.58. The van der Waals surface area contributed by atoms with E-state index in [2.05, 4.69) is 63.2 Å². The number of hydrogen-bond acceptors (Lipinski definition) is 1. The van der Waals surface area contributed by atoms with Crippen LogP contribution in [0.5, 0.6) is 0 Å². The van der Waals surface area contributed by atoms with Gasteiger partial charge in [-0.2, -0.15) is 0 Å². The topological polar surface area (TPSA) is 20.2 Å². The third-order valence-electron chi connectivity index (χ3n) is 3.86. The number of aliphatic hydroxyl groups excluding tert-OH is 1. The van der Waals surface area contributed by atoms with Gasteiger partial charge in [-0.05, 0) is 55.4 Å². The summed E-state index contributed by atoms with van der Waals surface area (Å²) in [5, 5.41) is 10.3. The Hall–Kier alpha value is -1.60. The minimum atomic E-state index is -0.317. The molecule has 1 atom stereocenters. The highest BCUT2D eigenvalue weighted by Gasteiger charge is 2.09. The number of rotatable bonds is 5. The summed E-state index contributed by atoms with van der Waals surface area (Å²) in [5.41, 5.74) is 6.32. The van der Waals surface area contributed by atoms with E-state index in [1.165, 1.54) is 27.8 Å². The average molecular weight is 268 g/mol. The van der Waals surface area contributed by atoms with Gasteiger partial charge in [0.15, 0.2) is 0 Å². The summed E-state index contributed by atoms with van der Waals surface area (Å²) in [5.74, 6) is 0. The molecule has 0 aliphatic heterocycles. The molecule has 0 aliphatic rings. The summed E-state index contributed by atoms with van der Waals surface area (Å²) in [7, 11) is 0. The molecule has 0 heterocycles. The molecule has 2 rings (SSSR count). The molecule has 1 nitrogen and oxygen atoms in total. The first-order valence-corrected chi connectivity index (χ1v) is 7.40. The number of hydrogen-bond donors (Lipinski definition) is 1. The summed E-state index contributed by atoms with van der Waals surface area (Å²) < 4.78 is 0.